The summed E-state index contributed by atoms with van der Waals surface area (Å²) in [6.07, 6.45) is 0. The van der Waals surface area contributed by atoms with E-state index in [1.807, 2.05) is 12.1 Å². The van der Waals surface area contributed by atoms with Gasteiger partial charge in [0, 0.05) is 10.5 Å². The molecule has 0 saturated carbocycles. The van der Waals surface area contributed by atoms with E-state index in [4.69, 9.17) is 9.47 Å². The SMILES string of the molecule is COc1ccc(OC)c(C2Sc3ccccc3N(CC(=O)O)C2=O)c1. The number of carboxylic acids is 1. The first-order chi connectivity index (χ1) is 12.0. The highest BCUT2D eigenvalue weighted by atomic mass is 32.2. The molecule has 1 amide bonds. The van der Waals surface area contributed by atoms with Crippen LogP contribution in [-0.4, -0.2) is 37.7 Å². The zero-order valence-electron chi connectivity index (χ0n) is 13.8. The minimum absolute atomic E-state index is 0.294. The minimum Gasteiger partial charge on any atom is -0.497 e. The van der Waals surface area contributed by atoms with E-state index in [0.29, 0.717) is 22.7 Å². The number of amides is 1. The second-order valence-electron chi connectivity index (χ2n) is 5.39. The number of ether oxygens (including phenoxy) is 2. The first-order valence-corrected chi connectivity index (χ1v) is 8.44. The summed E-state index contributed by atoms with van der Waals surface area (Å²) >= 11 is 1.38. The van der Waals surface area contributed by atoms with E-state index in [1.54, 1.807) is 37.4 Å². The smallest absolute Gasteiger partial charge is 0.323 e. The van der Waals surface area contributed by atoms with Gasteiger partial charge < -0.3 is 14.6 Å². The van der Waals surface area contributed by atoms with E-state index in [-0.39, 0.29) is 12.5 Å². The maximum absolute atomic E-state index is 13.0. The molecule has 130 valence electrons. The Labute approximate surface area is 149 Å². The average Bonchev–Trinajstić information content (AvgIpc) is 2.63. The predicted molar refractivity (Wildman–Crippen MR) is 94.6 cm³/mol. The Morgan fingerprint density at radius 2 is 1.96 bits per heavy atom. The van der Waals surface area contributed by atoms with Crippen LogP contribution in [0.3, 0.4) is 0 Å². The number of rotatable bonds is 5. The maximum Gasteiger partial charge on any atom is 0.323 e. The fourth-order valence-electron chi connectivity index (χ4n) is 2.76. The summed E-state index contributed by atoms with van der Waals surface area (Å²) in [6, 6.07) is 12.5. The molecule has 1 aliphatic rings. The van der Waals surface area contributed by atoms with Crippen LogP contribution in [0.4, 0.5) is 5.69 Å². The molecule has 25 heavy (non-hydrogen) atoms. The third-order valence-electron chi connectivity index (χ3n) is 3.90. The normalized spacial score (nSPS) is 16.3. The van der Waals surface area contributed by atoms with Crippen LogP contribution in [-0.2, 0) is 9.59 Å². The van der Waals surface area contributed by atoms with Crippen molar-refractivity contribution in [2.45, 2.75) is 10.1 Å². The molecule has 1 atom stereocenters. The Morgan fingerprint density at radius 3 is 2.64 bits per heavy atom. The van der Waals surface area contributed by atoms with E-state index < -0.39 is 11.2 Å². The average molecular weight is 359 g/mol. The molecule has 1 unspecified atom stereocenters. The number of anilines is 1. The van der Waals surface area contributed by atoms with Gasteiger partial charge >= 0.3 is 5.97 Å². The van der Waals surface area contributed by atoms with Gasteiger partial charge in [-0.2, -0.15) is 0 Å². The van der Waals surface area contributed by atoms with Gasteiger partial charge in [0.1, 0.15) is 23.3 Å². The molecule has 0 bridgehead atoms. The molecule has 1 aliphatic heterocycles. The van der Waals surface area contributed by atoms with Crippen molar-refractivity contribution in [2.24, 2.45) is 0 Å². The molecule has 0 aliphatic carbocycles. The number of hydrogen-bond acceptors (Lipinski definition) is 5. The number of hydrogen-bond donors (Lipinski definition) is 1. The summed E-state index contributed by atoms with van der Waals surface area (Å²) in [4.78, 5) is 26.4. The van der Waals surface area contributed by atoms with Crippen LogP contribution in [0.2, 0.25) is 0 Å². The number of nitrogens with zero attached hydrogens (tertiary/aromatic N) is 1. The van der Waals surface area contributed by atoms with Crippen molar-refractivity contribution in [3.05, 3.63) is 48.0 Å². The molecule has 3 rings (SSSR count). The van der Waals surface area contributed by atoms with Crippen LogP contribution in [0.1, 0.15) is 10.8 Å². The van der Waals surface area contributed by atoms with Crippen LogP contribution in [0.25, 0.3) is 0 Å². The Morgan fingerprint density at radius 1 is 1.20 bits per heavy atom. The van der Waals surface area contributed by atoms with Crippen molar-refractivity contribution in [2.75, 3.05) is 25.7 Å². The van der Waals surface area contributed by atoms with Crippen molar-refractivity contribution in [3.8, 4) is 11.5 Å². The Kier molecular flexibility index (Phi) is 4.85. The van der Waals surface area contributed by atoms with Gasteiger partial charge in [-0.3, -0.25) is 14.5 Å². The van der Waals surface area contributed by atoms with Gasteiger partial charge in [0.25, 0.3) is 0 Å². The lowest BCUT2D eigenvalue weighted by Crippen LogP contribution is -2.40. The number of methoxy groups -OCH3 is 2. The first-order valence-electron chi connectivity index (χ1n) is 7.56. The summed E-state index contributed by atoms with van der Waals surface area (Å²) in [5.74, 6) is -0.196. The molecule has 0 fully saturated rings. The fraction of sp³-hybridized carbons (Fsp3) is 0.222. The van der Waals surface area contributed by atoms with Crippen LogP contribution in [0.5, 0.6) is 11.5 Å². The summed E-state index contributed by atoms with van der Waals surface area (Å²) < 4.78 is 10.7. The molecule has 0 radical (unpaired) electrons. The molecule has 1 heterocycles. The van der Waals surface area contributed by atoms with E-state index >= 15 is 0 Å². The number of fused-ring (bicyclic) bond motifs is 1. The standard InChI is InChI=1S/C18H17NO5S/c1-23-11-7-8-14(24-2)12(9-11)17-18(22)19(10-16(20)21)13-5-3-4-6-15(13)25-17/h3-9,17H,10H2,1-2H3,(H,20,21). The predicted octanol–water partition coefficient (Wildman–Crippen LogP) is 2.97. The zero-order chi connectivity index (χ0) is 18.0. The Bertz CT molecular complexity index is 823. The summed E-state index contributed by atoms with van der Waals surface area (Å²) in [7, 11) is 3.08. The molecule has 2 aromatic rings. The number of carbonyl (C=O) groups excluding carboxylic acids is 1. The van der Waals surface area contributed by atoms with Gasteiger partial charge in [-0.05, 0) is 30.3 Å². The number of thioether (sulfide) groups is 1. The van der Waals surface area contributed by atoms with Crippen LogP contribution in [0, 0.1) is 0 Å². The molecular formula is C18H17NO5S. The summed E-state index contributed by atoms with van der Waals surface area (Å²) in [5.41, 5.74) is 1.26. The molecule has 7 heteroatoms. The number of benzene rings is 2. The topological polar surface area (TPSA) is 76.1 Å². The third-order valence-corrected chi connectivity index (χ3v) is 5.19. The van der Waals surface area contributed by atoms with E-state index in [2.05, 4.69) is 0 Å². The highest BCUT2D eigenvalue weighted by Gasteiger charge is 2.37. The summed E-state index contributed by atoms with van der Waals surface area (Å²) in [5, 5.41) is 8.59. The minimum atomic E-state index is -1.06. The number of aliphatic carboxylic acids is 1. The number of para-hydroxylation sites is 1. The van der Waals surface area contributed by atoms with E-state index in [9.17, 15) is 14.7 Å². The zero-order valence-corrected chi connectivity index (χ0v) is 14.6. The Balaban J connectivity index is 2.09. The quantitative estimate of drug-likeness (QED) is 0.884. The molecule has 0 aromatic heterocycles. The second-order valence-corrected chi connectivity index (χ2v) is 6.54. The molecule has 6 nitrogen and oxygen atoms in total. The van der Waals surface area contributed by atoms with Crippen molar-refractivity contribution < 1.29 is 24.2 Å². The lowest BCUT2D eigenvalue weighted by Gasteiger charge is -2.33. The fourth-order valence-corrected chi connectivity index (χ4v) is 4.01. The van der Waals surface area contributed by atoms with Crippen molar-refractivity contribution in [1.82, 2.24) is 0 Å². The van der Waals surface area contributed by atoms with E-state index in [0.717, 1.165) is 4.90 Å². The van der Waals surface area contributed by atoms with Crippen molar-refractivity contribution in [3.63, 3.8) is 0 Å². The molecule has 0 spiro atoms. The lowest BCUT2D eigenvalue weighted by molar-refractivity contribution is -0.136. The van der Waals surface area contributed by atoms with Gasteiger partial charge in [0.2, 0.25) is 5.91 Å². The van der Waals surface area contributed by atoms with Crippen LogP contribution < -0.4 is 14.4 Å². The molecule has 1 N–H and O–H groups in total. The van der Waals surface area contributed by atoms with Crippen LogP contribution >= 0.6 is 11.8 Å². The number of carbonyl (C=O) groups is 2. The molecular weight excluding hydrogens is 342 g/mol. The van der Waals surface area contributed by atoms with Gasteiger partial charge in [0.15, 0.2) is 0 Å². The third kappa shape index (κ3) is 3.28. The first kappa shape index (κ1) is 17.2. The highest BCUT2D eigenvalue weighted by Crippen LogP contribution is 2.48. The largest absolute Gasteiger partial charge is 0.497 e. The van der Waals surface area contributed by atoms with Crippen molar-refractivity contribution in [1.29, 1.82) is 0 Å². The van der Waals surface area contributed by atoms with Crippen LogP contribution in [0.15, 0.2) is 47.4 Å². The molecule has 0 saturated heterocycles. The maximum atomic E-state index is 13.0. The van der Waals surface area contributed by atoms with E-state index in [1.165, 1.54) is 23.8 Å². The highest BCUT2D eigenvalue weighted by molar-refractivity contribution is 8.00. The number of carboxylic acid groups (broad SMARTS) is 1. The monoisotopic (exact) mass is 359 g/mol. The van der Waals surface area contributed by atoms with Gasteiger partial charge in [0.05, 0.1) is 19.9 Å². The van der Waals surface area contributed by atoms with Gasteiger partial charge in [-0.15, -0.1) is 11.8 Å². The lowest BCUT2D eigenvalue weighted by atomic mass is 10.1. The van der Waals surface area contributed by atoms with Crippen molar-refractivity contribution >= 4 is 29.3 Å². The van der Waals surface area contributed by atoms with Gasteiger partial charge in [-0.25, -0.2) is 0 Å². The van der Waals surface area contributed by atoms with Gasteiger partial charge in [-0.1, -0.05) is 12.1 Å². The second kappa shape index (κ2) is 7.06. The summed E-state index contributed by atoms with van der Waals surface area (Å²) in [6.45, 7) is -0.390. The molecule has 2 aromatic carbocycles. The Hall–Kier alpha value is -2.67.